The molecule has 3 aromatic rings. The maximum absolute atomic E-state index is 13.4. The Bertz CT molecular complexity index is 797. The van der Waals surface area contributed by atoms with Gasteiger partial charge in [-0.15, -0.1) is 10.2 Å². The van der Waals surface area contributed by atoms with Crippen LogP contribution in [0.25, 0.3) is 11.5 Å². The van der Waals surface area contributed by atoms with Gasteiger partial charge in [-0.2, -0.15) is 0 Å². The third kappa shape index (κ3) is 4.11. The van der Waals surface area contributed by atoms with Crippen molar-refractivity contribution in [2.75, 3.05) is 12.4 Å². The van der Waals surface area contributed by atoms with Crippen molar-refractivity contribution in [2.45, 2.75) is 5.22 Å². The number of nitrogens with zero attached hydrogens (tertiary/aromatic N) is 2. The third-order valence-corrected chi connectivity index (χ3v) is 4.39. The van der Waals surface area contributed by atoms with Crippen molar-refractivity contribution in [1.29, 1.82) is 0 Å². The molecule has 0 aliphatic rings. The Balaban J connectivity index is 1.54. The number of thioether (sulfide) groups is 1. The van der Waals surface area contributed by atoms with Gasteiger partial charge in [0.05, 0.1) is 12.2 Å². The summed E-state index contributed by atoms with van der Waals surface area (Å²) in [6.07, 6.45) is 0. The van der Waals surface area contributed by atoms with Gasteiger partial charge in [0.2, 0.25) is 5.89 Å². The van der Waals surface area contributed by atoms with E-state index in [1.807, 2.05) is 24.3 Å². The monoisotopic (exact) mass is 394 g/mol. The Hall–Kier alpha value is -1.86. The fourth-order valence-electron chi connectivity index (χ4n) is 1.85. The average molecular weight is 395 g/mol. The van der Waals surface area contributed by atoms with Gasteiger partial charge in [-0.1, -0.05) is 36.0 Å². The summed E-state index contributed by atoms with van der Waals surface area (Å²) in [6.45, 7) is 0.346. The molecule has 0 fully saturated rings. The SMILES string of the molecule is Fc1ccccc1OCCSc1nnc(-c2ccccc2Br)o1. The van der Waals surface area contributed by atoms with E-state index >= 15 is 0 Å². The summed E-state index contributed by atoms with van der Waals surface area (Å²) < 4.78 is 25.3. The van der Waals surface area contributed by atoms with E-state index in [1.54, 1.807) is 18.2 Å². The first-order chi connectivity index (χ1) is 11.2. The second-order valence-corrected chi connectivity index (χ2v) is 6.38. The van der Waals surface area contributed by atoms with Gasteiger partial charge in [-0.25, -0.2) is 4.39 Å². The molecule has 4 nitrogen and oxygen atoms in total. The summed E-state index contributed by atoms with van der Waals surface area (Å²) in [5.74, 6) is 0.903. The van der Waals surface area contributed by atoms with Crippen LogP contribution in [-0.2, 0) is 0 Å². The molecule has 7 heteroatoms. The molecule has 0 bridgehead atoms. The van der Waals surface area contributed by atoms with Crippen LogP contribution < -0.4 is 4.74 Å². The number of halogens is 2. The van der Waals surface area contributed by atoms with E-state index in [0.29, 0.717) is 23.5 Å². The van der Waals surface area contributed by atoms with Crippen molar-refractivity contribution in [3.63, 3.8) is 0 Å². The molecule has 1 heterocycles. The largest absolute Gasteiger partial charge is 0.490 e. The van der Waals surface area contributed by atoms with Gasteiger partial charge >= 0.3 is 0 Å². The molecule has 0 radical (unpaired) electrons. The minimum absolute atomic E-state index is 0.243. The van der Waals surface area contributed by atoms with Crippen LogP contribution in [0.15, 0.2) is 62.6 Å². The first-order valence-electron chi connectivity index (χ1n) is 6.82. The smallest absolute Gasteiger partial charge is 0.276 e. The highest BCUT2D eigenvalue weighted by Crippen LogP contribution is 2.29. The highest BCUT2D eigenvalue weighted by Gasteiger charge is 2.11. The molecule has 0 N–H and O–H groups in total. The zero-order valence-corrected chi connectivity index (χ0v) is 14.3. The maximum Gasteiger partial charge on any atom is 0.276 e. The third-order valence-electron chi connectivity index (χ3n) is 2.91. The van der Waals surface area contributed by atoms with Crippen LogP contribution in [0.2, 0.25) is 0 Å². The zero-order chi connectivity index (χ0) is 16.1. The van der Waals surface area contributed by atoms with Crippen molar-refractivity contribution in [3.05, 3.63) is 58.8 Å². The lowest BCUT2D eigenvalue weighted by molar-refractivity contribution is 0.324. The molecule has 0 atom stereocenters. The predicted molar refractivity (Wildman–Crippen MR) is 90.1 cm³/mol. The number of aromatic nitrogens is 2. The van der Waals surface area contributed by atoms with Crippen LogP contribution >= 0.6 is 27.7 Å². The van der Waals surface area contributed by atoms with E-state index in [-0.39, 0.29) is 11.6 Å². The van der Waals surface area contributed by atoms with Crippen LogP contribution in [0.5, 0.6) is 5.75 Å². The minimum atomic E-state index is -0.369. The molecular weight excluding hydrogens is 383 g/mol. The fraction of sp³-hybridized carbons (Fsp3) is 0.125. The first kappa shape index (κ1) is 16.0. The van der Waals surface area contributed by atoms with E-state index in [1.165, 1.54) is 17.8 Å². The van der Waals surface area contributed by atoms with Crippen LogP contribution in [0.4, 0.5) is 4.39 Å². The Morgan fingerprint density at radius 2 is 1.87 bits per heavy atom. The predicted octanol–water partition coefficient (Wildman–Crippen LogP) is 4.81. The van der Waals surface area contributed by atoms with Crippen molar-refractivity contribution in [3.8, 4) is 17.2 Å². The zero-order valence-electron chi connectivity index (χ0n) is 11.9. The molecule has 0 amide bonds. The Labute approximate surface area is 145 Å². The van der Waals surface area contributed by atoms with Gasteiger partial charge in [0, 0.05) is 10.2 Å². The van der Waals surface area contributed by atoms with Gasteiger partial charge in [0.1, 0.15) is 0 Å². The molecule has 0 aliphatic carbocycles. The summed E-state index contributed by atoms with van der Waals surface area (Å²) in [4.78, 5) is 0. The van der Waals surface area contributed by atoms with E-state index < -0.39 is 0 Å². The van der Waals surface area contributed by atoms with Crippen LogP contribution in [0.3, 0.4) is 0 Å². The molecule has 0 saturated carbocycles. The second-order valence-electron chi connectivity index (χ2n) is 4.48. The normalized spacial score (nSPS) is 10.7. The van der Waals surface area contributed by atoms with Crippen molar-refractivity contribution in [1.82, 2.24) is 10.2 Å². The quantitative estimate of drug-likeness (QED) is 0.443. The summed E-state index contributed by atoms with van der Waals surface area (Å²) in [6, 6.07) is 13.9. The highest BCUT2D eigenvalue weighted by atomic mass is 79.9. The van der Waals surface area contributed by atoms with Gasteiger partial charge in [-0.3, -0.25) is 0 Å². The molecule has 0 unspecified atom stereocenters. The molecule has 0 saturated heterocycles. The lowest BCUT2D eigenvalue weighted by Gasteiger charge is -2.05. The standard InChI is InChI=1S/C16H12BrFN2O2S/c17-12-6-2-1-5-11(12)15-19-20-16(22-15)23-10-9-21-14-8-4-3-7-13(14)18/h1-8H,9-10H2. The molecular formula is C16H12BrFN2O2S. The van der Waals surface area contributed by atoms with E-state index in [4.69, 9.17) is 9.15 Å². The summed E-state index contributed by atoms with van der Waals surface area (Å²) in [5.41, 5.74) is 0.842. The van der Waals surface area contributed by atoms with Crippen LogP contribution in [0, 0.1) is 5.82 Å². The van der Waals surface area contributed by atoms with Crippen molar-refractivity contribution < 1.29 is 13.5 Å². The Kier molecular flexibility index (Phi) is 5.30. The summed E-state index contributed by atoms with van der Waals surface area (Å²) in [5, 5.41) is 8.47. The minimum Gasteiger partial charge on any atom is -0.490 e. The summed E-state index contributed by atoms with van der Waals surface area (Å²) in [7, 11) is 0. The van der Waals surface area contributed by atoms with E-state index in [2.05, 4.69) is 26.1 Å². The van der Waals surface area contributed by atoms with Crippen molar-refractivity contribution >= 4 is 27.7 Å². The molecule has 2 aromatic carbocycles. The molecule has 3 rings (SSSR count). The average Bonchev–Trinajstić information content (AvgIpc) is 3.02. The maximum atomic E-state index is 13.4. The lowest BCUT2D eigenvalue weighted by Crippen LogP contribution is -2.01. The van der Waals surface area contributed by atoms with E-state index in [9.17, 15) is 4.39 Å². The number of hydrogen-bond donors (Lipinski definition) is 0. The topological polar surface area (TPSA) is 48.2 Å². The number of ether oxygens (including phenoxy) is 1. The number of hydrogen-bond acceptors (Lipinski definition) is 5. The number of rotatable bonds is 6. The molecule has 0 aliphatic heterocycles. The van der Waals surface area contributed by atoms with Crippen LogP contribution in [-0.4, -0.2) is 22.6 Å². The summed E-state index contributed by atoms with van der Waals surface area (Å²) >= 11 is 4.81. The highest BCUT2D eigenvalue weighted by molar-refractivity contribution is 9.10. The number of benzene rings is 2. The van der Waals surface area contributed by atoms with Gasteiger partial charge in [0.15, 0.2) is 11.6 Å². The second kappa shape index (κ2) is 7.61. The Morgan fingerprint density at radius 1 is 1.09 bits per heavy atom. The fourth-order valence-corrected chi connectivity index (χ4v) is 2.89. The van der Waals surface area contributed by atoms with Gasteiger partial charge < -0.3 is 9.15 Å². The first-order valence-corrected chi connectivity index (χ1v) is 8.60. The Morgan fingerprint density at radius 3 is 2.70 bits per heavy atom. The molecule has 23 heavy (non-hydrogen) atoms. The molecule has 1 aromatic heterocycles. The lowest BCUT2D eigenvalue weighted by atomic mass is 10.2. The number of para-hydroxylation sites is 1. The van der Waals surface area contributed by atoms with Crippen LogP contribution in [0.1, 0.15) is 0 Å². The van der Waals surface area contributed by atoms with E-state index in [0.717, 1.165) is 10.0 Å². The van der Waals surface area contributed by atoms with Gasteiger partial charge in [-0.05, 0) is 40.2 Å². The molecule has 118 valence electrons. The molecule has 0 spiro atoms. The van der Waals surface area contributed by atoms with Crippen molar-refractivity contribution in [2.24, 2.45) is 0 Å². The van der Waals surface area contributed by atoms with Gasteiger partial charge in [0.25, 0.3) is 5.22 Å².